The van der Waals surface area contributed by atoms with Crippen LogP contribution in [-0.2, 0) is 16.4 Å². The molecule has 0 aliphatic rings. The highest BCUT2D eigenvalue weighted by Crippen LogP contribution is 2.18. The minimum absolute atomic E-state index is 0.146. The second-order valence-electron chi connectivity index (χ2n) is 7.37. The maximum atomic E-state index is 12.6. The Hall–Kier alpha value is -3.16. The Labute approximate surface area is 183 Å². The van der Waals surface area contributed by atoms with Crippen LogP contribution in [0.5, 0.6) is 5.75 Å². The van der Waals surface area contributed by atoms with Gasteiger partial charge < -0.3 is 10.1 Å². The number of nitrogens with one attached hydrogen (secondary N) is 2. The van der Waals surface area contributed by atoms with Crippen molar-refractivity contribution in [3.63, 3.8) is 0 Å². The van der Waals surface area contributed by atoms with Gasteiger partial charge in [-0.05, 0) is 61.9 Å². The number of hydrogen-bond acceptors (Lipinski definition) is 4. The van der Waals surface area contributed by atoms with Crippen molar-refractivity contribution >= 4 is 21.6 Å². The number of amides is 1. The molecule has 0 aromatic heterocycles. The van der Waals surface area contributed by atoms with Crippen LogP contribution in [0.15, 0.2) is 83.8 Å². The normalized spacial score (nSPS) is 11.3. The zero-order chi connectivity index (χ0) is 22.3. The summed E-state index contributed by atoms with van der Waals surface area (Å²) < 4.78 is 32.7. The largest absolute Gasteiger partial charge is 0.493 e. The van der Waals surface area contributed by atoms with Crippen LogP contribution >= 0.6 is 0 Å². The lowest BCUT2D eigenvalue weighted by atomic mass is 10.1. The van der Waals surface area contributed by atoms with Crippen LogP contribution < -0.4 is 14.8 Å². The minimum Gasteiger partial charge on any atom is -0.493 e. The maximum Gasteiger partial charge on any atom is 0.255 e. The summed E-state index contributed by atoms with van der Waals surface area (Å²) in [6.45, 7) is 4.02. The van der Waals surface area contributed by atoms with Crippen LogP contribution in [0.25, 0.3) is 0 Å². The second-order valence-corrected chi connectivity index (χ2v) is 9.08. The van der Waals surface area contributed by atoms with Gasteiger partial charge in [0, 0.05) is 23.7 Å². The van der Waals surface area contributed by atoms with Crippen LogP contribution in [0.1, 0.15) is 29.8 Å². The van der Waals surface area contributed by atoms with Gasteiger partial charge in [-0.15, -0.1) is 0 Å². The molecular weight excluding hydrogens is 412 g/mol. The van der Waals surface area contributed by atoms with Crippen LogP contribution in [-0.4, -0.2) is 27.0 Å². The molecule has 1 amide bonds. The Kier molecular flexibility index (Phi) is 7.44. The molecule has 3 aromatic rings. The lowest BCUT2D eigenvalue weighted by Gasteiger charge is -2.11. The number of anilines is 1. The van der Waals surface area contributed by atoms with Gasteiger partial charge in [0.15, 0.2) is 0 Å². The van der Waals surface area contributed by atoms with Gasteiger partial charge in [-0.3, -0.25) is 4.79 Å². The van der Waals surface area contributed by atoms with E-state index in [9.17, 15) is 13.2 Å². The molecule has 0 bridgehead atoms. The Morgan fingerprint density at radius 3 is 2.32 bits per heavy atom. The molecule has 2 N–H and O–H groups in total. The summed E-state index contributed by atoms with van der Waals surface area (Å²) in [6, 6.07) is 22.8. The first-order valence-electron chi connectivity index (χ1n) is 10.0. The van der Waals surface area contributed by atoms with E-state index in [1.807, 2.05) is 36.4 Å². The number of sulfonamides is 1. The highest BCUT2D eigenvalue weighted by molar-refractivity contribution is 7.89. The Bertz CT molecular complexity index is 1110. The smallest absolute Gasteiger partial charge is 0.255 e. The topological polar surface area (TPSA) is 84.5 Å². The first kappa shape index (κ1) is 22.5. The van der Waals surface area contributed by atoms with Crippen LogP contribution in [0.4, 0.5) is 5.69 Å². The molecule has 31 heavy (non-hydrogen) atoms. The first-order valence-corrected chi connectivity index (χ1v) is 11.5. The van der Waals surface area contributed by atoms with Crippen molar-refractivity contribution in [3.05, 3.63) is 90.0 Å². The van der Waals surface area contributed by atoms with E-state index in [-0.39, 0.29) is 16.8 Å². The number of carbonyl (C=O) groups is 1. The SMILES string of the molecule is CC(C)NS(=O)(=O)c1ccc(NC(=O)c2cccc(OCCc3ccccc3)c2)cc1. The third kappa shape index (κ3) is 6.67. The molecule has 0 heterocycles. The fraction of sp³-hybridized carbons (Fsp3) is 0.208. The van der Waals surface area contributed by atoms with Crippen molar-refractivity contribution < 1.29 is 17.9 Å². The van der Waals surface area contributed by atoms with Gasteiger partial charge in [-0.25, -0.2) is 13.1 Å². The Morgan fingerprint density at radius 1 is 0.935 bits per heavy atom. The van der Waals surface area contributed by atoms with Gasteiger partial charge in [0.05, 0.1) is 11.5 Å². The number of benzene rings is 3. The summed E-state index contributed by atoms with van der Waals surface area (Å²) in [5.41, 5.74) is 2.14. The Morgan fingerprint density at radius 2 is 1.65 bits per heavy atom. The van der Waals surface area contributed by atoms with Gasteiger partial charge in [-0.2, -0.15) is 0 Å². The molecule has 0 spiro atoms. The third-order valence-electron chi connectivity index (χ3n) is 4.41. The fourth-order valence-corrected chi connectivity index (χ4v) is 4.21. The molecule has 0 unspecified atom stereocenters. The highest BCUT2D eigenvalue weighted by Gasteiger charge is 2.15. The maximum absolute atomic E-state index is 12.6. The quantitative estimate of drug-likeness (QED) is 0.523. The summed E-state index contributed by atoms with van der Waals surface area (Å²) >= 11 is 0. The molecular formula is C24H26N2O4S. The average molecular weight is 439 g/mol. The van der Waals surface area contributed by atoms with Crippen molar-refractivity contribution in [2.45, 2.75) is 31.2 Å². The van der Waals surface area contributed by atoms with E-state index >= 15 is 0 Å². The van der Waals surface area contributed by atoms with E-state index < -0.39 is 10.0 Å². The molecule has 0 saturated carbocycles. The van der Waals surface area contributed by atoms with Crippen molar-refractivity contribution in [2.24, 2.45) is 0 Å². The molecule has 3 rings (SSSR count). The van der Waals surface area contributed by atoms with Crippen molar-refractivity contribution in [1.29, 1.82) is 0 Å². The summed E-state index contributed by atoms with van der Waals surface area (Å²) in [7, 11) is -3.57. The van der Waals surface area contributed by atoms with Crippen LogP contribution in [0.3, 0.4) is 0 Å². The Balaban J connectivity index is 1.59. The van der Waals surface area contributed by atoms with Gasteiger partial charge in [-0.1, -0.05) is 36.4 Å². The van der Waals surface area contributed by atoms with Gasteiger partial charge >= 0.3 is 0 Å². The van der Waals surface area contributed by atoms with Crippen LogP contribution in [0, 0.1) is 0 Å². The minimum atomic E-state index is -3.57. The zero-order valence-corrected chi connectivity index (χ0v) is 18.4. The van der Waals surface area contributed by atoms with E-state index in [4.69, 9.17) is 4.74 Å². The number of hydrogen-bond donors (Lipinski definition) is 2. The average Bonchev–Trinajstić information content (AvgIpc) is 2.74. The van der Waals surface area contributed by atoms with Crippen molar-refractivity contribution in [2.75, 3.05) is 11.9 Å². The van der Waals surface area contributed by atoms with E-state index in [0.717, 1.165) is 6.42 Å². The van der Waals surface area contributed by atoms with Gasteiger partial charge in [0.1, 0.15) is 5.75 Å². The van der Waals surface area contributed by atoms with Gasteiger partial charge in [0.25, 0.3) is 5.91 Å². The summed E-state index contributed by atoms with van der Waals surface area (Å²) in [5, 5.41) is 2.78. The molecule has 7 heteroatoms. The highest BCUT2D eigenvalue weighted by atomic mass is 32.2. The molecule has 0 fully saturated rings. The molecule has 162 valence electrons. The predicted octanol–water partition coefficient (Wildman–Crippen LogP) is 4.25. The summed E-state index contributed by atoms with van der Waals surface area (Å²) in [6.07, 6.45) is 0.776. The van der Waals surface area contributed by atoms with Crippen molar-refractivity contribution in [3.8, 4) is 5.75 Å². The third-order valence-corrected chi connectivity index (χ3v) is 6.09. The van der Waals surface area contributed by atoms with E-state index in [1.165, 1.54) is 17.7 Å². The molecule has 3 aromatic carbocycles. The number of ether oxygens (including phenoxy) is 1. The molecule has 0 saturated heterocycles. The summed E-state index contributed by atoms with van der Waals surface area (Å²) in [5.74, 6) is 0.314. The molecule has 0 radical (unpaired) electrons. The van der Waals surface area contributed by atoms with Crippen LogP contribution in [0.2, 0.25) is 0 Å². The monoisotopic (exact) mass is 438 g/mol. The lowest BCUT2D eigenvalue weighted by Crippen LogP contribution is -2.30. The zero-order valence-electron chi connectivity index (χ0n) is 17.5. The second kappa shape index (κ2) is 10.2. The number of rotatable bonds is 9. The van der Waals surface area contributed by atoms with E-state index in [2.05, 4.69) is 10.0 Å². The predicted molar refractivity (Wildman–Crippen MR) is 122 cm³/mol. The van der Waals surface area contributed by atoms with Gasteiger partial charge in [0.2, 0.25) is 10.0 Å². The number of carbonyl (C=O) groups excluding carboxylic acids is 1. The molecule has 0 aliphatic carbocycles. The van der Waals surface area contributed by atoms with E-state index in [0.29, 0.717) is 23.6 Å². The molecule has 6 nitrogen and oxygen atoms in total. The fourth-order valence-electron chi connectivity index (χ4n) is 2.96. The first-order chi connectivity index (χ1) is 14.8. The van der Waals surface area contributed by atoms with E-state index in [1.54, 1.807) is 44.2 Å². The van der Waals surface area contributed by atoms with Crippen molar-refractivity contribution in [1.82, 2.24) is 4.72 Å². The molecule has 0 aliphatic heterocycles. The lowest BCUT2D eigenvalue weighted by molar-refractivity contribution is 0.102. The standard InChI is InChI=1S/C24H26N2O4S/c1-18(2)26-31(28,29)23-13-11-21(12-14-23)25-24(27)20-9-6-10-22(17-20)30-16-15-19-7-4-3-5-8-19/h3-14,17-18,26H,15-16H2,1-2H3,(H,25,27). The summed E-state index contributed by atoms with van der Waals surface area (Å²) in [4.78, 5) is 12.7. The molecule has 0 atom stereocenters.